The molecule has 1 saturated heterocycles. The summed E-state index contributed by atoms with van der Waals surface area (Å²) in [5, 5.41) is 0. The van der Waals surface area contributed by atoms with Gasteiger partial charge in [-0.2, -0.15) is 0 Å². The van der Waals surface area contributed by atoms with Gasteiger partial charge >= 0.3 is 0 Å². The molecule has 1 aliphatic rings. The van der Waals surface area contributed by atoms with Crippen molar-refractivity contribution in [2.45, 2.75) is 13.3 Å². The van der Waals surface area contributed by atoms with Crippen LogP contribution >= 0.6 is 0 Å². The minimum atomic E-state index is 0.797. The van der Waals surface area contributed by atoms with Crippen molar-refractivity contribution < 1.29 is 4.74 Å². The van der Waals surface area contributed by atoms with Crippen LogP contribution in [0.3, 0.4) is 0 Å². The third kappa shape index (κ3) is 2.01. The highest BCUT2D eigenvalue weighted by Gasteiger charge is 2.12. The predicted molar refractivity (Wildman–Crippen MR) is 54.4 cm³/mol. The van der Waals surface area contributed by atoms with Crippen molar-refractivity contribution in [3.63, 3.8) is 0 Å². The van der Waals surface area contributed by atoms with E-state index in [2.05, 4.69) is 21.8 Å². The fourth-order valence-corrected chi connectivity index (χ4v) is 1.53. The Labute approximate surface area is 83.9 Å². The fourth-order valence-electron chi connectivity index (χ4n) is 1.53. The Morgan fingerprint density at radius 3 is 2.93 bits per heavy atom. The minimum absolute atomic E-state index is 0.797. The summed E-state index contributed by atoms with van der Waals surface area (Å²) in [6.07, 6.45) is 2.72. The minimum Gasteiger partial charge on any atom is -0.378 e. The predicted octanol–water partition coefficient (Wildman–Crippen LogP) is 0.876. The van der Waals surface area contributed by atoms with Crippen LogP contribution in [0.4, 0.5) is 5.82 Å². The van der Waals surface area contributed by atoms with Crippen molar-refractivity contribution in [1.29, 1.82) is 0 Å². The molecule has 1 aromatic rings. The molecule has 0 atom stereocenters. The van der Waals surface area contributed by atoms with Gasteiger partial charge in [0.1, 0.15) is 11.6 Å². The largest absolute Gasteiger partial charge is 0.378 e. The SMILES string of the molecule is CCc1nccc(N2CCOCC2)n1. The van der Waals surface area contributed by atoms with Crippen LogP contribution in [-0.2, 0) is 11.2 Å². The van der Waals surface area contributed by atoms with Crippen molar-refractivity contribution in [1.82, 2.24) is 9.97 Å². The normalized spacial score (nSPS) is 17.1. The Morgan fingerprint density at radius 1 is 1.43 bits per heavy atom. The van der Waals surface area contributed by atoms with Gasteiger partial charge in [-0.05, 0) is 6.07 Å². The van der Waals surface area contributed by atoms with Crippen molar-refractivity contribution in [2.75, 3.05) is 31.2 Å². The number of hydrogen-bond acceptors (Lipinski definition) is 4. The average Bonchev–Trinajstić information content (AvgIpc) is 2.30. The van der Waals surface area contributed by atoms with Gasteiger partial charge in [0.05, 0.1) is 13.2 Å². The van der Waals surface area contributed by atoms with Crippen LogP contribution in [0.2, 0.25) is 0 Å². The van der Waals surface area contributed by atoms with Gasteiger partial charge < -0.3 is 9.64 Å². The number of ether oxygens (including phenoxy) is 1. The van der Waals surface area contributed by atoms with Gasteiger partial charge in [-0.3, -0.25) is 0 Å². The van der Waals surface area contributed by atoms with Gasteiger partial charge in [0, 0.05) is 25.7 Å². The molecule has 1 aromatic heterocycles. The quantitative estimate of drug-likeness (QED) is 0.698. The van der Waals surface area contributed by atoms with Crippen LogP contribution in [-0.4, -0.2) is 36.3 Å². The van der Waals surface area contributed by atoms with Crippen molar-refractivity contribution in [3.8, 4) is 0 Å². The molecule has 14 heavy (non-hydrogen) atoms. The molecule has 0 bridgehead atoms. The van der Waals surface area contributed by atoms with Crippen molar-refractivity contribution in [3.05, 3.63) is 18.1 Å². The van der Waals surface area contributed by atoms with Crippen molar-refractivity contribution >= 4 is 5.82 Å². The first kappa shape index (κ1) is 9.40. The number of aryl methyl sites for hydroxylation is 1. The number of rotatable bonds is 2. The van der Waals surface area contributed by atoms with Gasteiger partial charge in [0.15, 0.2) is 0 Å². The van der Waals surface area contributed by atoms with E-state index in [0.717, 1.165) is 44.4 Å². The number of aromatic nitrogens is 2. The molecular formula is C10H15N3O. The molecule has 2 rings (SSSR count). The van der Waals surface area contributed by atoms with E-state index in [1.165, 1.54) is 0 Å². The zero-order valence-corrected chi connectivity index (χ0v) is 8.44. The number of nitrogens with zero attached hydrogens (tertiary/aromatic N) is 3. The van der Waals surface area contributed by atoms with Crippen LogP contribution < -0.4 is 4.90 Å². The molecule has 0 aromatic carbocycles. The van der Waals surface area contributed by atoms with Crippen LogP contribution in [0.15, 0.2) is 12.3 Å². The van der Waals surface area contributed by atoms with E-state index >= 15 is 0 Å². The van der Waals surface area contributed by atoms with E-state index in [1.807, 2.05) is 12.3 Å². The molecule has 2 heterocycles. The molecule has 1 fully saturated rings. The molecule has 0 spiro atoms. The van der Waals surface area contributed by atoms with Gasteiger partial charge in [-0.15, -0.1) is 0 Å². The van der Waals surface area contributed by atoms with E-state index in [1.54, 1.807) is 0 Å². The first-order valence-corrected chi connectivity index (χ1v) is 5.05. The topological polar surface area (TPSA) is 38.2 Å². The van der Waals surface area contributed by atoms with Gasteiger partial charge in [0.25, 0.3) is 0 Å². The third-order valence-electron chi connectivity index (χ3n) is 2.34. The molecule has 0 amide bonds. The summed E-state index contributed by atoms with van der Waals surface area (Å²) in [6, 6.07) is 1.96. The van der Waals surface area contributed by atoms with Crippen molar-refractivity contribution in [2.24, 2.45) is 0 Å². The first-order valence-electron chi connectivity index (χ1n) is 5.05. The zero-order chi connectivity index (χ0) is 9.80. The molecule has 0 N–H and O–H groups in total. The molecular weight excluding hydrogens is 178 g/mol. The zero-order valence-electron chi connectivity index (χ0n) is 8.44. The number of hydrogen-bond donors (Lipinski definition) is 0. The van der Waals surface area contributed by atoms with E-state index in [0.29, 0.717) is 0 Å². The van der Waals surface area contributed by atoms with Crippen LogP contribution in [0.1, 0.15) is 12.7 Å². The third-order valence-corrected chi connectivity index (χ3v) is 2.34. The second-order valence-electron chi connectivity index (χ2n) is 3.28. The van der Waals surface area contributed by atoms with E-state index < -0.39 is 0 Å². The van der Waals surface area contributed by atoms with Gasteiger partial charge in [0.2, 0.25) is 0 Å². The summed E-state index contributed by atoms with van der Waals surface area (Å²) in [5.41, 5.74) is 0. The maximum atomic E-state index is 5.29. The highest BCUT2D eigenvalue weighted by molar-refractivity contribution is 5.37. The Kier molecular flexibility index (Phi) is 2.93. The van der Waals surface area contributed by atoms with Gasteiger partial charge in [-0.1, -0.05) is 6.92 Å². The van der Waals surface area contributed by atoms with E-state index in [-0.39, 0.29) is 0 Å². The van der Waals surface area contributed by atoms with E-state index in [9.17, 15) is 0 Å². The molecule has 0 unspecified atom stereocenters. The molecule has 1 aliphatic heterocycles. The molecule has 76 valence electrons. The standard InChI is InChI=1S/C10H15N3O/c1-2-9-11-4-3-10(12-9)13-5-7-14-8-6-13/h3-4H,2,5-8H2,1H3. The second kappa shape index (κ2) is 4.37. The number of anilines is 1. The van der Waals surface area contributed by atoms with Crippen LogP contribution in [0.25, 0.3) is 0 Å². The monoisotopic (exact) mass is 193 g/mol. The summed E-state index contributed by atoms with van der Waals surface area (Å²) in [5.74, 6) is 1.94. The lowest BCUT2D eigenvalue weighted by molar-refractivity contribution is 0.122. The summed E-state index contributed by atoms with van der Waals surface area (Å²) < 4.78 is 5.29. The molecule has 0 aliphatic carbocycles. The molecule has 4 heteroatoms. The molecule has 0 radical (unpaired) electrons. The Hall–Kier alpha value is -1.16. The summed E-state index contributed by atoms with van der Waals surface area (Å²) in [7, 11) is 0. The van der Waals surface area contributed by atoms with Crippen LogP contribution in [0.5, 0.6) is 0 Å². The Balaban J connectivity index is 2.13. The highest BCUT2D eigenvalue weighted by Crippen LogP contribution is 2.11. The lowest BCUT2D eigenvalue weighted by Crippen LogP contribution is -2.36. The highest BCUT2D eigenvalue weighted by atomic mass is 16.5. The van der Waals surface area contributed by atoms with Crippen LogP contribution in [0, 0.1) is 0 Å². The lowest BCUT2D eigenvalue weighted by Gasteiger charge is -2.27. The molecule has 0 saturated carbocycles. The summed E-state index contributed by atoms with van der Waals surface area (Å²) in [6.45, 7) is 5.52. The van der Waals surface area contributed by atoms with Gasteiger partial charge in [-0.25, -0.2) is 9.97 Å². The smallest absolute Gasteiger partial charge is 0.132 e. The number of morpholine rings is 1. The maximum absolute atomic E-state index is 5.29. The lowest BCUT2D eigenvalue weighted by atomic mass is 10.4. The summed E-state index contributed by atoms with van der Waals surface area (Å²) in [4.78, 5) is 10.9. The Bertz CT molecular complexity index is 297. The van der Waals surface area contributed by atoms with E-state index in [4.69, 9.17) is 4.74 Å². The second-order valence-corrected chi connectivity index (χ2v) is 3.28. The average molecular weight is 193 g/mol. The summed E-state index contributed by atoms with van der Waals surface area (Å²) >= 11 is 0. The molecule has 4 nitrogen and oxygen atoms in total. The fraction of sp³-hybridized carbons (Fsp3) is 0.600. The Morgan fingerprint density at radius 2 is 2.21 bits per heavy atom. The first-order chi connectivity index (χ1) is 6.90. The maximum Gasteiger partial charge on any atom is 0.132 e.